The largest absolute Gasteiger partial charge is 0.419 e. The van der Waals surface area contributed by atoms with E-state index in [1.807, 2.05) is 0 Å². The van der Waals surface area contributed by atoms with Crippen LogP contribution in [0.3, 0.4) is 0 Å². The molecule has 71 valence electrons. The lowest BCUT2D eigenvalue weighted by atomic mass is 10.1. The smallest absolute Gasteiger partial charge is 0.408 e. The van der Waals surface area contributed by atoms with E-state index in [0.29, 0.717) is 16.7 Å². The van der Waals surface area contributed by atoms with Crippen molar-refractivity contribution in [3.05, 3.63) is 41.2 Å². The normalized spacial score (nSPS) is 10.7. The maximum absolute atomic E-state index is 11.2. The van der Waals surface area contributed by atoms with E-state index in [2.05, 4.69) is 6.92 Å². The Balaban J connectivity index is 2.98. The van der Waals surface area contributed by atoms with Crippen molar-refractivity contribution in [1.82, 2.24) is 4.57 Å². The number of rotatable bonds is 1. The van der Waals surface area contributed by atoms with E-state index < -0.39 is 5.76 Å². The van der Waals surface area contributed by atoms with Crippen molar-refractivity contribution < 1.29 is 9.21 Å². The van der Waals surface area contributed by atoms with E-state index in [0.717, 1.165) is 0 Å². The van der Waals surface area contributed by atoms with Crippen LogP contribution in [0.25, 0.3) is 11.1 Å². The second-order valence-corrected chi connectivity index (χ2v) is 3.00. The lowest BCUT2D eigenvalue weighted by Gasteiger charge is -1.97. The third-order valence-corrected chi connectivity index (χ3v) is 2.11. The number of carbonyl (C=O) groups excluding carboxylic acids is 1. The summed E-state index contributed by atoms with van der Waals surface area (Å²) in [5, 5.41) is 0. The maximum Gasteiger partial charge on any atom is 0.419 e. The zero-order chi connectivity index (χ0) is 10.3. The molecule has 0 unspecified atom stereocenters. The van der Waals surface area contributed by atoms with Gasteiger partial charge >= 0.3 is 5.76 Å². The number of Topliss-reactive ketones (excluding diaryl/α,β-unsaturated/α-hetero) is 1. The summed E-state index contributed by atoms with van der Waals surface area (Å²) in [6.07, 6.45) is 0. The van der Waals surface area contributed by atoms with Gasteiger partial charge in [-0.15, -0.1) is 0 Å². The number of benzene rings is 1. The van der Waals surface area contributed by atoms with Gasteiger partial charge in [-0.1, -0.05) is 6.07 Å². The van der Waals surface area contributed by atoms with Crippen LogP contribution in [-0.4, -0.2) is 10.4 Å². The fraction of sp³-hybridized carbons (Fsp3) is 0.100. The van der Waals surface area contributed by atoms with E-state index in [1.54, 1.807) is 25.2 Å². The molecule has 0 spiro atoms. The van der Waals surface area contributed by atoms with Crippen LogP contribution in [0.1, 0.15) is 10.4 Å². The van der Waals surface area contributed by atoms with Gasteiger partial charge < -0.3 is 4.42 Å². The molecule has 0 saturated carbocycles. The first-order valence-corrected chi connectivity index (χ1v) is 4.06. The lowest BCUT2D eigenvalue weighted by Crippen LogP contribution is -2.10. The highest BCUT2D eigenvalue weighted by molar-refractivity contribution is 6.08. The van der Waals surface area contributed by atoms with Crippen molar-refractivity contribution in [2.24, 2.45) is 7.05 Å². The van der Waals surface area contributed by atoms with E-state index in [1.165, 1.54) is 4.57 Å². The summed E-state index contributed by atoms with van der Waals surface area (Å²) in [6, 6.07) is 4.92. The molecule has 2 rings (SSSR count). The molecule has 0 saturated heterocycles. The first-order chi connectivity index (χ1) is 6.61. The number of para-hydroxylation sites is 1. The Morgan fingerprint density at radius 1 is 1.50 bits per heavy atom. The van der Waals surface area contributed by atoms with Gasteiger partial charge in [0.2, 0.25) is 0 Å². The number of oxazole rings is 1. The molecule has 0 aliphatic rings. The summed E-state index contributed by atoms with van der Waals surface area (Å²) in [5.41, 5.74) is 1.31. The number of aromatic nitrogens is 1. The lowest BCUT2D eigenvalue weighted by molar-refractivity contribution is 0.104. The van der Waals surface area contributed by atoms with Crippen LogP contribution >= 0.6 is 0 Å². The number of hydrogen-bond donors (Lipinski definition) is 0. The molecule has 1 heterocycles. The number of nitrogens with zero attached hydrogens (tertiary/aromatic N) is 1. The minimum absolute atomic E-state index is 0.327. The molecule has 0 atom stereocenters. The number of fused-ring (bicyclic) bond motifs is 1. The molecule has 2 aromatic rings. The SMILES string of the molecule is [CH2]C(=O)c1cccc2oc(=O)n(C)c12. The first kappa shape index (κ1) is 8.74. The maximum atomic E-state index is 11.2. The minimum Gasteiger partial charge on any atom is -0.408 e. The highest BCUT2D eigenvalue weighted by Crippen LogP contribution is 2.17. The number of aryl methyl sites for hydroxylation is 1. The van der Waals surface area contributed by atoms with Gasteiger partial charge in [-0.25, -0.2) is 4.79 Å². The standard InChI is InChI=1S/C10H8NO3/c1-6(12)7-4-3-5-8-9(7)11(2)10(13)14-8/h3-5H,1H2,2H3. The van der Waals surface area contributed by atoms with E-state index in [9.17, 15) is 9.59 Å². The van der Waals surface area contributed by atoms with Gasteiger partial charge in [0.15, 0.2) is 11.4 Å². The zero-order valence-corrected chi connectivity index (χ0v) is 7.61. The van der Waals surface area contributed by atoms with Gasteiger partial charge in [0, 0.05) is 19.5 Å². The topological polar surface area (TPSA) is 52.2 Å². The molecule has 4 heteroatoms. The van der Waals surface area contributed by atoms with Gasteiger partial charge in [-0.05, 0) is 12.1 Å². The molecule has 14 heavy (non-hydrogen) atoms. The summed E-state index contributed by atoms with van der Waals surface area (Å²) in [4.78, 5) is 22.3. The zero-order valence-electron chi connectivity index (χ0n) is 7.61. The van der Waals surface area contributed by atoms with Crippen LogP contribution in [0.5, 0.6) is 0 Å². The van der Waals surface area contributed by atoms with Crippen molar-refractivity contribution in [2.75, 3.05) is 0 Å². The average molecular weight is 190 g/mol. The molecular formula is C10H8NO3. The van der Waals surface area contributed by atoms with Gasteiger partial charge in [-0.3, -0.25) is 9.36 Å². The Bertz CT molecular complexity index is 562. The summed E-state index contributed by atoms with van der Waals surface area (Å²) in [7, 11) is 1.56. The Kier molecular flexibility index (Phi) is 1.77. The fourth-order valence-corrected chi connectivity index (χ4v) is 1.43. The second-order valence-electron chi connectivity index (χ2n) is 3.00. The van der Waals surface area contributed by atoms with Crippen LogP contribution in [0, 0.1) is 6.92 Å². The predicted octanol–water partition coefficient (Wildman–Crippen LogP) is 1.15. The van der Waals surface area contributed by atoms with E-state index >= 15 is 0 Å². The van der Waals surface area contributed by atoms with Crippen LogP contribution in [0.4, 0.5) is 0 Å². The highest BCUT2D eigenvalue weighted by atomic mass is 16.4. The number of carbonyl (C=O) groups is 1. The van der Waals surface area contributed by atoms with Crippen LogP contribution in [-0.2, 0) is 7.05 Å². The van der Waals surface area contributed by atoms with Gasteiger partial charge in [-0.2, -0.15) is 0 Å². The summed E-state index contributed by atoms with van der Waals surface area (Å²) in [6.45, 7) is 3.31. The van der Waals surface area contributed by atoms with E-state index in [4.69, 9.17) is 4.42 Å². The summed E-state index contributed by atoms with van der Waals surface area (Å²) >= 11 is 0. The van der Waals surface area contributed by atoms with Gasteiger partial charge in [0.1, 0.15) is 5.52 Å². The fourth-order valence-electron chi connectivity index (χ4n) is 1.43. The van der Waals surface area contributed by atoms with Crippen molar-refractivity contribution in [3.8, 4) is 0 Å². The molecule has 4 nitrogen and oxygen atoms in total. The van der Waals surface area contributed by atoms with Gasteiger partial charge in [0.05, 0.1) is 0 Å². The minimum atomic E-state index is -0.478. The molecular weight excluding hydrogens is 182 g/mol. The molecule has 0 N–H and O–H groups in total. The Morgan fingerprint density at radius 2 is 2.21 bits per heavy atom. The van der Waals surface area contributed by atoms with Crippen molar-refractivity contribution in [3.63, 3.8) is 0 Å². The van der Waals surface area contributed by atoms with Crippen molar-refractivity contribution >= 4 is 16.9 Å². The Morgan fingerprint density at radius 3 is 2.86 bits per heavy atom. The summed E-state index contributed by atoms with van der Waals surface area (Å²) in [5.74, 6) is -0.805. The molecule has 0 aliphatic heterocycles. The van der Waals surface area contributed by atoms with Crippen molar-refractivity contribution in [1.29, 1.82) is 0 Å². The van der Waals surface area contributed by atoms with Crippen LogP contribution in [0.2, 0.25) is 0 Å². The highest BCUT2D eigenvalue weighted by Gasteiger charge is 2.12. The first-order valence-electron chi connectivity index (χ1n) is 4.06. The average Bonchev–Trinajstić information content (AvgIpc) is 2.43. The molecule has 1 aromatic heterocycles. The molecule has 0 fully saturated rings. The van der Waals surface area contributed by atoms with Gasteiger partial charge in [0.25, 0.3) is 0 Å². The Labute approximate surface area is 79.8 Å². The van der Waals surface area contributed by atoms with E-state index in [-0.39, 0.29) is 5.78 Å². The number of hydrogen-bond acceptors (Lipinski definition) is 3. The number of ketones is 1. The quantitative estimate of drug-likeness (QED) is 0.634. The molecule has 0 aliphatic carbocycles. The monoisotopic (exact) mass is 190 g/mol. The molecule has 1 aromatic carbocycles. The predicted molar refractivity (Wildman–Crippen MR) is 51.1 cm³/mol. The molecule has 0 bridgehead atoms. The third kappa shape index (κ3) is 1.08. The molecule has 0 amide bonds. The van der Waals surface area contributed by atoms with Crippen LogP contribution in [0.15, 0.2) is 27.4 Å². The third-order valence-electron chi connectivity index (χ3n) is 2.11. The summed E-state index contributed by atoms with van der Waals surface area (Å²) < 4.78 is 6.22. The Hall–Kier alpha value is -1.84. The van der Waals surface area contributed by atoms with Crippen LogP contribution < -0.4 is 5.76 Å². The molecule has 1 radical (unpaired) electrons. The van der Waals surface area contributed by atoms with Crippen molar-refractivity contribution in [2.45, 2.75) is 0 Å². The second kappa shape index (κ2) is 2.83.